The molecule has 0 bridgehead atoms. The topological polar surface area (TPSA) is 82.5 Å². The van der Waals surface area contributed by atoms with Crippen molar-refractivity contribution in [2.24, 2.45) is 0 Å². The Hall–Kier alpha value is -4.13. The number of nitrogens with zero attached hydrogens (tertiary/aromatic N) is 2. The second kappa shape index (κ2) is 7.60. The number of benzene rings is 3. The van der Waals surface area contributed by atoms with Crippen LogP contribution in [0.4, 0.5) is 0 Å². The van der Waals surface area contributed by atoms with E-state index in [0.29, 0.717) is 28.0 Å². The lowest BCUT2D eigenvalue weighted by Crippen LogP contribution is -2.31. The Morgan fingerprint density at radius 2 is 1.68 bits per heavy atom. The minimum atomic E-state index is -0.369. The van der Waals surface area contributed by atoms with Crippen molar-refractivity contribution < 1.29 is 14.3 Å². The first-order valence-corrected chi connectivity index (χ1v) is 9.90. The molecule has 0 saturated carbocycles. The molecule has 2 heterocycles. The van der Waals surface area contributed by atoms with Crippen molar-refractivity contribution in [3.05, 3.63) is 94.4 Å². The molecule has 1 aromatic heterocycles. The van der Waals surface area contributed by atoms with Gasteiger partial charge in [-0.05, 0) is 42.8 Å². The molecular formula is C24H19N3O4. The van der Waals surface area contributed by atoms with Crippen LogP contribution in [0.1, 0.15) is 29.0 Å². The number of hydrogen-bond donors (Lipinski definition) is 1. The zero-order valence-electron chi connectivity index (χ0n) is 16.7. The van der Waals surface area contributed by atoms with Crippen LogP contribution in [0, 0.1) is 0 Å². The third kappa shape index (κ3) is 3.40. The fourth-order valence-corrected chi connectivity index (χ4v) is 3.63. The molecule has 0 fully saturated rings. The summed E-state index contributed by atoms with van der Waals surface area (Å²) in [5.74, 6) is 0.968. The van der Waals surface area contributed by atoms with Gasteiger partial charge in [0.1, 0.15) is 0 Å². The second-order valence-corrected chi connectivity index (χ2v) is 7.25. The number of rotatable bonds is 4. The normalized spacial score (nSPS) is 13.2. The Labute approximate surface area is 177 Å². The molecule has 4 aromatic rings. The quantitative estimate of drug-likeness (QED) is 0.553. The Bertz CT molecular complexity index is 1350. The molecule has 1 N–H and O–H groups in total. The summed E-state index contributed by atoms with van der Waals surface area (Å²) >= 11 is 0. The Balaban J connectivity index is 1.54. The molecule has 31 heavy (non-hydrogen) atoms. The maximum absolute atomic E-state index is 13.2. The van der Waals surface area contributed by atoms with Crippen molar-refractivity contribution >= 4 is 16.7 Å². The van der Waals surface area contributed by atoms with Gasteiger partial charge in [0, 0.05) is 5.39 Å². The maximum atomic E-state index is 13.2. The molecule has 5 rings (SSSR count). The molecule has 7 nitrogen and oxygen atoms in total. The van der Waals surface area contributed by atoms with Crippen LogP contribution >= 0.6 is 0 Å². The van der Waals surface area contributed by atoms with Crippen LogP contribution in [0.5, 0.6) is 11.5 Å². The molecule has 1 aliphatic heterocycles. The molecule has 0 aliphatic carbocycles. The van der Waals surface area contributed by atoms with Crippen LogP contribution in [0.15, 0.2) is 77.6 Å². The van der Waals surface area contributed by atoms with Gasteiger partial charge in [0.25, 0.3) is 11.5 Å². The van der Waals surface area contributed by atoms with Gasteiger partial charge in [-0.15, -0.1) is 0 Å². The van der Waals surface area contributed by atoms with Gasteiger partial charge in [0.05, 0.1) is 17.1 Å². The molecule has 0 radical (unpaired) electrons. The molecule has 1 amide bonds. The van der Waals surface area contributed by atoms with E-state index in [1.54, 1.807) is 36.4 Å². The van der Waals surface area contributed by atoms with Crippen LogP contribution < -0.4 is 20.3 Å². The summed E-state index contributed by atoms with van der Waals surface area (Å²) in [7, 11) is 0. The van der Waals surface area contributed by atoms with Crippen molar-refractivity contribution in [2.75, 3.05) is 6.79 Å². The van der Waals surface area contributed by atoms with E-state index in [9.17, 15) is 9.59 Å². The predicted octanol–water partition coefficient (Wildman–Crippen LogP) is 3.61. The number of nitrogens with one attached hydrogen (secondary N) is 1. The molecular weight excluding hydrogens is 394 g/mol. The molecule has 1 aliphatic rings. The first kappa shape index (κ1) is 18.9. The summed E-state index contributed by atoms with van der Waals surface area (Å²) in [5.41, 5.74) is 1.38. The monoisotopic (exact) mass is 413 g/mol. The highest BCUT2D eigenvalue weighted by Gasteiger charge is 2.21. The van der Waals surface area contributed by atoms with Crippen molar-refractivity contribution in [3.8, 4) is 17.2 Å². The largest absolute Gasteiger partial charge is 0.454 e. The minimum absolute atomic E-state index is 0.187. The van der Waals surface area contributed by atoms with E-state index >= 15 is 0 Å². The fraction of sp³-hybridized carbons (Fsp3) is 0.125. The standard InChI is InChI=1S/C24H19N3O4/c1-15(16-11-12-20-21(13-16)31-14-30-20)25-23(28)22-18-9-5-6-10-19(18)24(29)27(26-22)17-7-3-2-4-8-17/h2-13,15H,14H2,1H3,(H,25,28). The Morgan fingerprint density at radius 1 is 0.968 bits per heavy atom. The highest BCUT2D eigenvalue weighted by molar-refractivity contribution is 6.05. The van der Waals surface area contributed by atoms with E-state index in [1.165, 1.54) is 4.68 Å². The minimum Gasteiger partial charge on any atom is -0.454 e. The molecule has 7 heteroatoms. The van der Waals surface area contributed by atoms with E-state index in [-0.39, 0.29) is 30.0 Å². The van der Waals surface area contributed by atoms with E-state index in [1.807, 2.05) is 43.3 Å². The summed E-state index contributed by atoms with van der Waals surface area (Å²) < 4.78 is 12.0. The zero-order chi connectivity index (χ0) is 21.4. The molecule has 1 atom stereocenters. The second-order valence-electron chi connectivity index (χ2n) is 7.25. The highest BCUT2D eigenvalue weighted by atomic mass is 16.7. The lowest BCUT2D eigenvalue weighted by atomic mass is 10.1. The Morgan fingerprint density at radius 3 is 2.48 bits per heavy atom. The Kier molecular flexibility index (Phi) is 4.63. The molecule has 3 aromatic carbocycles. The summed E-state index contributed by atoms with van der Waals surface area (Å²) in [6.07, 6.45) is 0. The van der Waals surface area contributed by atoms with Crippen LogP contribution in [0.25, 0.3) is 16.5 Å². The van der Waals surface area contributed by atoms with Gasteiger partial charge in [0.15, 0.2) is 17.2 Å². The lowest BCUT2D eigenvalue weighted by Gasteiger charge is -2.16. The van der Waals surface area contributed by atoms with E-state index < -0.39 is 0 Å². The fourth-order valence-electron chi connectivity index (χ4n) is 3.63. The zero-order valence-corrected chi connectivity index (χ0v) is 16.7. The third-order valence-electron chi connectivity index (χ3n) is 5.27. The predicted molar refractivity (Wildman–Crippen MR) is 116 cm³/mol. The number of fused-ring (bicyclic) bond motifs is 2. The van der Waals surface area contributed by atoms with Crippen LogP contribution in [0.3, 0.4) is 0 Å². The number of aromatic nitrogens is 2. The number of para-hydroxylation sites is 1. The van der Waals surface area contributed by atoms with Crippen molar-refractivity contribution in [2.45, 2.75) is 13.0 Å². The van der Waals surface area contributed by atoms with Gasteiger partial charge in [-0.25, -0.2) is 0 Å². The van der Waals surface area contributed by atoms with Crippen LogP contribution in [-0.2, 0) is 0 Å². The number of ether oxygens (including phenoxy) is 2. The summed E-state index contributed by atoms with van der Waals surface area (Å²) in [5, 5.41) is 8.35. The van der Waals surface area contributed by atoms with Crippen molar-refractivity contribution in [1.82, 2.24) is 15.1 Å². The first-order valence-electron chi connectivity index (χ1n) is 9.90. The number of hydrogen-bond acceptors (Lipinski definition) is 5. The first-order chi connectivity index (χ1) is 15.1. The molecule has 0 saturated heterocycles. The molecule has 1 unspecified atom stereocenters. The molecule has 154 valence electrons. The number of carbonyl (C=O) groups excluding carboxylic acids is 1. The number of amides is 1. The smallest absolute Gasteiger partial charge is 0.279 e. The third-order valence-corrected chi connectivity index (χ3v) is 5.27. The summed E-state index contributed by atoms with van der Waals surface area (Å²) in [6.45, 7) is 2.07. The SMILES string of the molecule is CC(NC(=O)c1nn(-c2ccccc2)c(=O)c2ccccc12)c1ccc2c(c1)OCO2. The van der Waals surface area contributed by atoms with E-state index in [2.05, 4.69) is 10.4 Å². The van der Waals surface area contributed by atoms with Gasteiger partial charge in [-0.1, -0.05) is 42.5 Å². The summed E-state index contributed by atoms with van der Waals surface area (Å²) in [6, 6.07) is 21.3. The number of carbonyl (C=O) groups is 1. The van der Waals surface area contributed by atoms with Gasteiger partial charge in [-0.3, -0.25) is 9.59 Å². The highest BCUT2D eigenvalue weighted by Crippen LogP contribution is 2.34. The van der Waals surface area contributed by atoms with E-state index in [0.717, 1.165) is 5.56 Å². The van der Waals surface area contributed by atoms with Crippen LogP contribution in [-0.4, -0.2) is 22.5 Å². The van der Waals surface area contributed by atoms with Crippen molar-refractivity contribution in [3.63, 3.8) is 0 Å². The average Bonchev–Trinajstić information content (AvgIpc) is 3.28. The maximum Gasteiger partial charge on any atom is 0.279 e. The molecule has 0 spiro atoms. The van der Waals surface area contributed by atoms with Crippen molar-refractivity contribution in [1.29, 1.82) is 0 Å². The van der Waals surface area contributed by atoms with Gasteiger partial charge in [-0.2, -0.15) is 9.78 Å². The van der Waals surface area contributed by atoms with Gasteiger partial charge >= 0.3 is 0 Å². The van der Waals surface area contributed by atoms with Gasteiger partial charge in [0.2, 0.25) is 6.79 Å². The average molecular weight is 413 g/mol. The van der Waals surface area contributed by atoms with Gasteiger partial charge < -0.3 is 14.8 Å². The van der Waals surface area contributed by atoms with Crippen LogP contribution in [0.2, 0.25) is 0 Å². The summed E-state index contributed by atoms with van der Waals surface area (Å²) in [4.78, 5) is 26.2. The van der Waals surface area contributed by atoms with E-state index in [4.69, 9.17) is 9.47 Å². The lowest BCUT2D eigenvalue weighted by molar-refractivity contribution is 0.0935.